The summed E-state index contributed by atoms with van der Waals surface area (Å²) in [4.78, 5) is 2.25. The second kappa shape index (κ2) is 4.70. The van der Waals surface area contributed by atoms with Crippen molar-refractivity contribution in [2.45, 2.75) is 6.54 Å². The first kappa shape index (κ1) is 12.1. The van der Waals surface area contributed by atoms with E-state index in [-0.39, 0.29) is 0 Å². The molecule has 0 fully saturated rings. The third kappa shape index (κ3) is 2.07. The Labute approximate surface area is 122 Å². The fourth-order valence-corrected chi connectivity index (χ4v) is 2.80. The summed E-state index contributed by atoms with van der Waals surface area (Å²) < 4.78 is 5.81. The number of rotatable bonds is 1. The van der Waals surface area contributed by atoms with Crippen molar-refractivity contribution in [2.24, 2.45) is 0 Å². The van der Waals surface area contributed by atoms with E-state index < -0.39 is 0 Å². The minimum atomic E-state index is 0.650. The van der Waals surface area contributed by atoms with Crippen LogP contribution in [0.15, 0.2) is 42.6 Å². The Balaban J connectivity index is 1.76. The van der Waals surface area contributed by atoms with Crippen molar-refractivity contribution >= 4 is 22.3 Å². The lowest BCUT2D eigenvalue weighted by Crippen LogP contribution is -2.26. The van der Waals surface area contributed by atoms with Crippen LogP contribution in [-0.4, -0.2) is 23.3 Å². The van der Waals surface area contributed by atoms with E-state index in [1.165, 1.54) is 5.56 Å². The standard InChI is InChI=1S/C16H16N4O/c17-13-7-12-9-18-19-14(12)8-15(13)20-5-6-21-16-4-2-1-3-11(16)10-20/h1-4,7-9H,5-6,10,17H2,(H,18,19). The number of nitrogen functional groups attached to an aromatic ring is 1. The average Bonchev–Trinajstić information content (AvgIpc) is 2.83. The number of hydrogen-bond donors (Lipinski definition) is 2. The number of nitrogens with two attached hydrogens (primary N) is 1. The van der Waals surface area contributed by atoms with E-state index in [0.29, 0.717) is 6.61 Å². The van der Waals surface area contributed by atoms with Crippen molar-refractivity contribution in [2.75, 3.05) is 23.8 Å². The van der Waals surface area contributed by atoms with Gasteiger partial charge in [-0.3, -0.25) is 5.10 Å². The summed E-state index contributed by atoms with van der Waals surface area (Å²) in [6, 6.07) is 12.2. The van der Waals surface area contributed by atoms with Crippen LogP contribution in [0.25, 0.3) is 10.9 Å². The topological polar surface area (TPSA) is 67.2 Å². The van der Waals surface area contributed by atoms with Crippen molar-refractivity contribution in [1.82, 2.24) is 10.2 Å². The number of hydrogen-bond acceptors (Lipinski definition) is 4. The summed E-state index contributed by atoms with van der Waals surface area (Å²) in [5, 5.41) is 8.09. The Bertz CT molecular complexity index is 796. The molecule has 0 unspecified atom stereocenters. The number of aromatic amines is 1. The molecule has 0 saturated heterocycles. The molecule has 0 spiro atoms. The molecular formula is C16H16N4O. The van der Waals surface area contributed by atoms with E-state index in [1.54, 1.807) is 6.20 Å². The van der Waals surface area contributed by atoms with E-state index in [2.05, 4.69) is 27.2 Å². The van der Waals surface area contributed by atoms with Crippen LogP contribution >= 0.6 is 0 Å². The van der Waals surface area contributed by atoms with Gasteiger partial charge in [0.15, 0.2) is 0 Å². The molecule has 5 heteroatoms. The number of para-hydroxylation sites is 1. The Kier molecular flexibility index (Phi) is 2.70. The number of anilines is 2. The number of H-pyrrole nitrogens is 1. The van der Waals surface area contributed by atoms with E-state index in [9.17, 15) is 0 Å². The smallest absolute Gasteiger partial charge is 0.124 e. The summed E-state index contributed by atoms with van der Waals surface area (Å²) in [5.74, 6) is 0.959. The first-order chi connectivity index (χ1) is 10.3. The fourth-order valence-electron chi connectivity index (χ4n) is 2.80. The minimum absolute atomic E-state index is 0.650. The summed E-state index contributed by atoms with van der Waals surface area (Å²) in [6.07, 6.45) is 1.79. The highest BCUT2D eigenvalue weighted by Gasteiger charge is 2.17. The zero-order chi connectivity index (χ0) is 14.2. The van der Waals surface area contributed by atoms with E-state index >= 15 is 0 Å². The summed E-state index contributed by atoms with van der Waals surface area (Å²) in [7, 11) is 0. The van der Waals surface area contributed by atoms with Gasteiger partial charge in [0, 0.05) is 17.5 Å². The van der Waals surface area contributed by atoms with Crippen LogP contribution in [0, 0.1) is 0 Å². The van der Waals surface area contributed by atoms with Crippen LogP contribution in [-0.2, 0) is 6.54 Å². The third-order valence-corrected chi connectivity index (χ3v) is 3.88. The maximum Gasteiger partial charge on any atom is 0.124 e. The molecule has 106 valence electrons. The largest absolute Gasteiger partial charge is 0.491 e. The Hall–Kier alpha value is -2.69. The molecular weight excluding hydrogens is 264 g/mol. The number of nitrogens with zero attached hydrogens (tertiary/aromatic N) is 2. The van der Waals surface area contributed by atoms with Crippen LogP contribution in [0.1, 0.15) is 5.56 Å². The van der Waals surface area contributed by atoms with Crippen LogP contribution in [0.4, 0.5) is 11.4 Å². The van der Waals surface area contributed by atoms with Gasteiger partial charge in [-0.15, -0.1) is 0 Å². The average molecular weight is 280 g/mol. The van der Waals surface area contributed by atoms with Crippen LogP contribution in [0.5, 0.6) is 5.75 Å². The Morgan fingerprint density at radius 3 is 3.10 bits per heavy atom. The molecule has 1 aromatic heterocycles. The monoisotopic (exact) mass is 280 g/mol. The number of fused-ring (bicyclic) bond motifs is 2. The summed E-state index contributed by atoms with van der Waals surface area (Å²) >= 11 is 0. The predicted octanol–water partition coefficient (Wildman–Crippen LogP) is 2.54. The lowest BCUT2D eigenvalue weighted by Gasteiger charge is -2.23. The van der Waals surface area contributed by atoms with E-state index in [0.717, 1.165) is 41.1 Å². The quantitative estimate of drug-likeness (QED) is 0.672. The van der Waals surface area contributed by atoms with Gasteiger partial charge in [0.05, 0.1) is 29.6 Å². The highest BCUT2D eigenvalue weighted by Crippen LogP contribution is 2.32. The molecule has 0 aliphatic carbocycles. The van der Waals surface area contributed by atoms with Gasteiger partial charge in [-0.1, -0.05) is 18.2 Å². The van der Waals surface area contributed by atoms with Crippen molar-refractivity contribution in [3.8, 4) is 5.75 Å². The number of aromatic nitrogens is 2. The highest BCUT2D eigenvalue weighted by atomic mass is 16.5. The van der Waals surface area contributed by atoms with Crippen LogP contribution in [0.2, 0.25) is 0 Å². The SMILES string of the molecule is Nc1cc2cn[nH]c2cc1N1CCOc2ccccc2C1. The third-order valence-electron chi connectivity index (χ3n) is 3.88. The van der Waals surface area contributed by atoms with Crippen LogP contribution in [0.3, 0.4) is 0 Å². The molecule has 21 heavy (non-hydrogen) atoms. The van der Waals surface area contributed by atoms with Gasteiger partial charge in [0.25, 0.3) is 0 Å². The number of benzene rings is 2. The van der Waals surface area contributed by atoms with Gasteiger partial charge >= 0.3 is 0 Å². The molecule has 0 radical (unpaired) electrons. The van der Waals surface area contributed by atoms with E-state index in [4.69, 9.17) is 10.5 Å². The zero-order valence-corrected chi connectivity index (χ0v) is 11.5. The van der Waals surface area contributed by atoms with Crippen LogP contribution < -0.4 is 15.4 Å². The van der Waals surface area contributed by atoms with Gasteiger partial charge in [0.2, 0.25) is 0 Å². The second-order valence-electron chi connectivity index (χ2n) is 5.25. The molecule has 2 heterocycles. The first-order valence-corrected chi connectivity index (χ1v) is 6.99. The van der Waals surface area contributed by atoms with Crippen molar-refractivity contribution in [3.63, 3.8) is 0 Å². The highest BCUT2D eigenvalue weighted by molar-refractivity contribution is 5.89. The second-order valence-corrected chi connectivity index (χ2v) is 5.25. The number of nitrogens with one attached hydrogen (secondary N) is 1. The summed E-state index contributed by atoms with van der Waals surface area (Å²) in [5.41, 5.74) is 10.2. The molecule has 5 nitrogen and oxygen atoms in total. The minimum Gasteiger partial charge on any atom is -0.491 e. The molecule has 1 aliphatic rings. The van der Waals surface area contributed by atoms with Crippen molar-refractivity contribution < 1.29 is 4.74 Å². The lowest BCUT2D eigenvalue weighted by molar-refractivity contribution is 0.332. The molecule has 1 aliphatic heterocycles. The van der Waals surface area contributed by atoms with Crippen molar-refractivity contribution in [1.29, 1.82) is 0 Å². The Morgan fingerprint density at radius 2 is 2.14 bits per heavy atom. The maximum atomic E-state index is 6.22. The van der Waals surface area contributed by atoms with Gasteiger partial charge in [-0.25, -0.2) is 0 Å². The molecule has 0 atom stereocenters. The normalized spacial score (nSPS) is 14.6. The van der Waals surface area contributed by atoms with Crippen molar-refractivity contribution in [3.05, 3.63) is 48.2 Å². The first-order valence-electron chi connectivity index (χ1n) is 6.99. The molecule has 3 N–H and O–H groups in total. The van der Waals surface area contributed by atoms with E-state index in [1.807, 2.05) is 24.3 Å². The molecule has 2 aromatic carbocycles. The zero-order valence-electron chi connectivity index (χ0n) is 11.5. The lowest BCUT2D eigenvalue weighted by atomic mass is 10.1. The fraction of sp³-hybridized carbons (Fsp3) is 0.188. The summed E-state index contributed by atoms with van der Waals surface area (Å²) in [6.45, 7) is 2.25. The molecule has 0 saturated carbocycles. The molecule has 3 aromatic rings. The molecule has 0 amide bonds. The number of ether oxygens (including phenoxy) is 1. The predicted molar refractivity (Wildman–Crippen MR) is 83.5 cm³/mol. The van der Waals surface area contributed by atoms with Gasteiger partial charge in [-0.2, -0.15) is 5.10 Å². The van der Waals surface area contributed by atoms with Gasteiger partial charge in [-0.05, 0) is 18.2 Å². The molecule has 4 rings (SSSR count). The molecule has 0 bridgehead atoms. The van der Waals surface area contributed by atoms with Gasteiger partial charge in [0.1, 0.15) is 12.4 Å². The van der Waals surface area contributed by atoms with Gasteiger partial charge < -0.3 is 15.4 Å². The maximum absolute atomic E-state index is 6.22. The Morgan fingerprint density at radius 1 is 1.24 bits per heavy atom.